The van der Waals surface area contributed by atoms with E-state index in [0.717, 1.165) is 11.1 Å². The highest BCUT2D eigenvalue weighted by Gasteiger charge is 2.24. The number of esters is 1. The first-order valence-electron chi connectivity index (χ1n) is 10.5. The fraction of sp³-hybridized carbons (Fsp3) is 0.304. The van der Waals surface area contributed by atoms with Gasteiger partial charge in [0.1, 0.15) is 12.9 Å². The smallest absolute Gasteiger partial charge is 0.341 e. The molecular formula is C23H23ClN6O3S. The standard InChI is InChI=1S/C23H23ClN6O3S/c1-12(2)19-17(8-25-22-26-11-27-30(19)22)21(32)33-9-16-10-34-23(28-16)29(15(5)31)20-14(4)6-13(3)7-18(20)24/h6-8,10-12H,9H2,1-5H3. The zero-order valence-corrected chi connectivity index (χ0v) is 20.9. The van der Waals surface area contributed by atoms with Crippen LogP contribution in [0.3, 0.4) is 0 Å². The van der Waals surface area contributed by atoms with E-state index in [-0.39, 0.29) is 18.4 Å². The van der Waals surface area contributed by atoms with Gasteiger partial charge in [-0.3, -0.25) is 9.69 Å². The van der Waals surface area contributed by atoms with Gasteiger partial charge in [0.15, 0.2) is 5.13 Å². The van der Waals surface area contributed by atoms with Crippen LogP contribution in [0.15, 0.2) is 30.0 Å². The third-order valence-electron chi connectivity index (χ3n) is 5.13. The topological polar surface area (TPSA) is 103 Å². The number of aryl methyl sites for hydroxylation is 2. The van der Waals surface area contributed by atoms with Crippen LogP contribution >= 0.6 is 22.9 Å². The predicted molar refractivity (Wildman–Crippen MR) is 130 cm³/mol. The fourth-order valence-electron chi connectivity index (χ4n) is 3.77. The van der Waals surface area contributed by atoms with E-state index in [0.29, 0.717) is 38.6 Å². The minimum absolute atomic E-state index is 0.00718. The van der Waals surface area contributed by atoms with Crippen LogP contribution in [0.2, 0.25) is 5.02 Å². The van der Waals surface area contributed by atoms with Crippen LogP contribution in [0.1, 0.15) is 59.6 Å². The van der Waals surface area contributed by atoms with Crippen molar-refractivity contribution < 1.29 is 14.3 Å². The van der Waals surface area contributed by atoms with E-state index in [1.807, 2.05) is 39.8 Å². The SMILES string of the molecule is CC(=O)N(c1nc(COC(=O)c2cnc3ncnn3c2C(C)C)cs1)c1c(C)cc(C)cc1Cl. The summed E-state index contributed by atoms with van der Waals surface area (Å²) in [6.45, 7) is 9.14. The number of amides is 1. The van der Waals surface area contributed by atoms with Crippen molar-refractivity contribution in [2.24, 2.45) is 0 Å². The molecule has 0 saturated carbocycles. The summed E-state index contributed by atoms with van der Waals surface area (Å²) in [5, 5.41) is 6.82. The predicted octanol–water partition coefficient (Wildman–Crippen LogP) is 5.02. The summed E-state index contributed by atoms with van der Waals surface area (Å²) in [5.41, 5.74) is 3.95. The van der Waals surface area contributed by atoms with Gasteiger partial charge in [0.05, 0.1) is 27.7 Å². The maximum Gasteiger partial charge on any atom is 0.341 e. The first-order valence-corrected chi connectivity index (χ1v) is 11.8. The molecule has 0 atom stereocenters. The minimum Gasteiger partial charge on any atom is -0.455 e. The van der Waals surface area contributed by atoms with Gasteiger partial charge in [-0.2, -0.15) is 10.1 Å². The summed E-state index contributed by atoms with van der Waals surface area (Å²) in [6.07, 6.45) is 2.84. The molecule has 9 nitrogen and oxygen atoms in total. The average Bonchev–Trinajstić information content (AvgIpc) is 3.42. The lowest BCUT2D eigenvalue weighted by molar-refractivity contribution is -0.115. The summed E-state index contributed by atoms with van der Waals surface area (Å²) in [5.74, 6) is -0.351. The van der Waals surface area contributed by atoms with Crippen LogP contribution in [0.5, 0.6) is 0 Å². The number of halogens is 1. The average molecular weight is 499 g/mol. The lowest BCUT2D eigenvalue weighted by Gasteiger charge is -2.22. The number of rotatable bonds is 6. The Morgan fingerprint density at radius 3 is 2.68 bits per heavy atom. The van der Waals surface area contributed by atoms with Crippen molar-refractivity contribution in [1.82, 2.24) is 24.6 Å². The molecule has 0 N–H and O–H groups in total. The monoisotopic (exact) mass is 498 g/mol. The molecule has 34 heavy (non-hydrogen) atoms. The van der Waals surface area contributed by atoms with Crippen molar-refractivity contribution in [3.8, 4) is 0 Å². The quantitative estimate of drug-likeness (QED) is 0.344. The number of carbonyl (C=O) groups excluding carboxylic acids is 2. The number of hydrogen-bond acceptors (Lipinski definition) is 8. The molecule has 1 aromatic carbocycles. The Balaban J connectivity index is 1.57. The first-order chi connectivity index (χ1) is 16.2. The van der Waals surface area contributed by atoms with Gasteiger partial charge in [0.2, 0.25) is 5.91 Å². The Bertz CT molecular complexity index is 1370. The van der Waals surface area contributed by atoms with Gasteiger partial charge in [-0.25, -0.2) is 19.3 Å². The Kier molecular flexibility index (Phi) is 6.63. The van der Waals surface area contributed by atoms with Gasteiger partial charge in [-0.15, -0.1) is 11.3 Å². The maximum atomic E-state index is 12.9. The number of benzene rings is 1. The van der Waals surface area contributed by atoms with Gasteiger partial charge < -0.3 is 4.74 Å². The molecule has 3 aromatic heterocycles. The highest BCUT2D eigenvalue weighted by molar-refractivity contribution is 7.14. The van der Waals surface area contributed by atoms with Crippen molar-refractivity contribution in [3.05, 3.63) is 63.1 Å². The van der Waals surface area contributed by atoms with Crippen LogP contribution in [-0.2, 0) is 16.1 Å². The largest absolute Gasteiger partial charge is 0.455 e. The number of thiazole rings is 1. The number of ether oxygens (including phenoxy) is 1. The van der Waals surface area contributed by atoms with Crippen LogP contribution in [0.25, 0.3) is 5.78 Å². The van der Waals surface area contributed by atoms with Crippen molar-refractivity contribution in [3.63, 3.8) is 0 Å². The Morgan fingerprint density at radius 1 is 1.24 bits per heavy atom. The second-order valence-corrected chi connectivity index (χ2v) is 9.39. The number of fused-ring (bicyclic) bond motifs is 1. The molecule has 11 heteroatoms. The van der Waals surface area contributed by atoms with Crippen molar-refractivity contribution in [2.45, 2.75) is 47.1 Å². The molecule has 0 spiro atoms. The molecule has 0 aliphatic rings. The Morgan fingerprint density at radius 2 is 2.00 bits per heavy atom. The molecule has 176 valence electrons. The summed E-state index contributed by atoms with van der Waals surface area (Å²) < 4.78 is 7.07. The molecule has 0 radical (unpaired) electrons. The molecule has 0 aliphatic carbocycles. The van der Waals surface area contributed by atoms with Gasteiger partial charge in [0.25, 0.3) is 5.78 Å². The summed E-state index contributed by atoms with van der Waals surface area (Å²) >= 11 is 7.74. The van der Waals surface area contributed by atoms with Gasteiger partial charge >= 0.3 is 5.97 Å². The van der Waals surface area contributed by atoms with E-state index in [4.69, 9.17) is 16.3 Å². The Labute approximate surface area is 205 Å². The zero-order valence-electron chi connectivity index (χ0n) is 19.4. The minimum atomic E-state index is -0.538. The zero-order chi connectivity index (χ0) is 24.6. The van der Waals surface area contributed by atoms with Crippen molar-refractivity contribution in [1.29, 1.82) is 0 Å². The summed E-state index contributed by atoms with van der Waals surface area (Å²) in [4.78, 5) is 39.6. The number of anilines is 2. The van der Waals surface area contributed by atoms with E-state index in [2.05, 4.69) is 20.1 Å². The maximum absolute atomic E-state index is 12.9. The molecular weight excluding hydrogens is 476 g/mol. The first kappa shape index (κ1) is 23.8. The number of hydrogen-bond donors (Lipinski definition) is 0. The highest BCUT2D eigenvalue weighted by Crippen LogP contribution is 2.37. The summed E-state index contributed by atoms with van der Waals surface area (Å²) in [6, 6.07) is 3.77. The number of carbonyl (C=O) groups is 2. The molecule has 3 heterocycles. The van der Waals surface area contributed by atoms with Crippen LogP contribution in [-0.4, -0.2) is 36.4 Å². The van der Waals surface area contributed by atoms with Crippen molar-refractivity contribution >= 4 is 51.4 Å². The van der Waals surface area contributed by atoms with E-state index < -0.39 is 5.97 Å². The van der Waals surface area contributed by atoms with Crippen LogP contribution in [0, 0.1) is 13.8 Å². The molecule has 0 aliphatic heterocycles. The van der Waals surface area contributed by atoms with Crippen LogP contribution < -0.4 is 4.90 Å². The highest BCUT2D eigenvalue weighted by atomic mass is 35.5. The molecule has 0 unspecified atom stereocenters. The lowest BCUT2D eigenvalue weighted by Crippen LogP contribution is -2.24. The molecule has 0 saturated heterocycles. The van der Waals surface area contributed by atoms with Crippen molar-refractivity contribution in [2.75, 3.05) is 4.90 Å². The third kappa shape index (κ3) is 4.51. The molecule has 0 fully saturated rings. The lowest BCUT2D eigenvalue weighted by atomic mass is 10.1. The fourth-order valence-corrected chi connectivity index (χ4v) is 5.03. The molecule has 4 rings (SSSR count). The van der Waals surface area contributed by atoms with E-state index >= 15 is 0 Å². The molecule has 4 aromatic rings. The normalized spacial score (nSPS) is 11.3. The van der Waals surface area contributed by atoms with E-state index in [1.165, 1.54) is 35.7 Å². The third-order valence-corrected chi connectivity index (χ3v) is 6.29. The van der Waals surface area contributed by atoms with Gasteiger partial charge in [-0.1, -0.05) is 31.5 Å². The van der Waals surface area contributed by atoms with Gasteiger partial charge in [-0.05, 0) is 37.0 Å². The van der Waals surface area contributed by atoms with Gasteiger partial charge in [0, 0.05) is 18.5 Å². The molecule has 1 amide bonds. The Hall–Kier alpha value is -3.37. The summed E-state index contributed by atoms with van der Waals surface area (Å²) in [7, 11) is 0. The number of nitrogens with zero attached hydrogens (tertiary/aromatic N) is 6. The second-order valence-electron chi connectivity index (χ2n) is 8.15. The molecule has 0 bridgehead atoms. The van der Waals surface area contributed by atoms with E-state index in [9.17, 15) is 9.59 Å². The second kappa shape index (κ2) is 9.47. The van der Waals surface area contributed by atoms with Crippen LogP contribution in [0.4, 0.5) is 10.8 Å². The number of aromatic nitrogens is 5. The van der Waals surface area contributed by atoms with E-state index in [1.54, 1.807) is 9.90 Å².